The predicted molar refractivity (Wildman–Crippen MR) is 119 cm³/mol. The minimum Gasteiger partial charge on any atom is -0.490 e. The van der Waals surface area contributed by atoms with Crippen LogP contribution < -0.4 is 15.8 Å². The van der Waals surface area contributed by atoms with E-state index in [4.69, 9.17) is 10.5 Å². The topological polar surface area (TPSA) is 93.0 Å². The Labute approximate surface area is 175 Å². The van der Waals surface area contributed by atoms with Gasteiger partial charge < -0.3 is 20.8 Å². The van der Waals surface area contributed by atoms with Gasteiger partial charge in [-0.15, -0.1) is 0 Å². The van der Waals surface area contributed by atoms with E-state index < -0.39 is 0 Å². The summed E-state index contributed by atoms with van der Waals surface area (Å²) in [6.45, 7) is 1.87. The average molecular weight is 400 g/mol. The van der Waals surface area contributed by atoms with E-state index in [-0.39, 0.29) is 11.9 Å². The third-order valence-electron chi connectivity index (χ3n) is 4.85. The zero-order chi connectivity index (χ0) is 20.9. The number of anilines is 1. The first-order valence-corrected chi connectivity index (χ1v) is 9.85. The van der Waals surface area contributed by atoms with Crippen LogP contribution in [-0.4, -0.2) is 28.5 Å². The molecule has 0 aliphatic heterocycles. The fraction of sp³-hybridized carbons (Fsp3) is 0.167. The molecular formula is C24H24N4O2. The molecule has 2 heterocycles. The molecule has 0 fully saturated rings. The molecule has 2 aromatic carbocycles. The number of hydrogen-bond donors (Lipinski definition) is 3. The van der Waals surface area contributed by atoms with E-state index in [1.165, 1.54) is 17.9 Å². The molecule has 1 amide bonds. The van der Waals surface area contributed by atoms with E-state index in [1.54, 1.807) is 12.4 Å². The molecule has 6 heteroatoms. The van der Waals surface area contributed by atoms with Crippen LogP contribution in [0.5, 0.6) is 5.75 Å². The molecule has 30 heavy (non-hydrogen) atoms. The zero-order valence-electron chi connectivity index (χ0n) is 16.8. The predicted octanol–water partition coefficient (Wildman–Crippen LogP) is 4.14. The summed E-state index contributed by atoms with van der Waals surface area (Å²) in [7, 11) is 0. The number of aromatic nitrogens is 2. The number of aromatic amines is 1. The van der Waals surface area contributed by atoms with E-state index in [1.807, 2.05) is 48.7 Å². The maximum Gasteiger partial charge on any atom is 0.221 e. The summed E-state index contributed by atoms with van der Waals surface area (Å²) in [6, 6.07) is 17.6. The Bertz CT molecular complexity index is 1170. The van der Waals surface area contributed by atoms with Crippen LogP contribution in [0.4, 0.5) is 5.69 Å². The molecule has 4 rings (SSSR count). The van der Waals surface area contributed by atoms with Gasteiger partial charge in [-0.25, -0.2) is 0 Å². The number of para-hydroxylation sites is 1. The molecule has 0 saturated carbocycles. The van der Waals surface area contributed by atoms with Crippen molar-refractivity contribution in [1.29, 1.82) is 0 Å². The largest absolute Gasteiger partial charge is 0.490 e. The Morgan fingerprint density at radius 1 is 1.13 bits per heavy atom. The average Bonchev–Trinajstić information content (AvgIpc) is 3.15. The Morgan fingerprint density at radius 3 is 2.87 bits per heavy atom. The van der Waals surface area contributed by atoms with Crippen LogP contribution in [0.3, 0.4) is 0 Å². The minimum absolute atomic E-state index is 0.105. The fourth-order valence-electron chi connectivity index (χ4n) is 3.48. The molecule has 152 valence electrons. The Morgan fingerprint density at radius 2 is 2.00 bits per heavy atom. The van der Waals surface area contributed by atoms with Crippen molar-refractivity contribution in [2.45, 2.75) is 19.4 Å². The number of fused-ring (bicyclic) bond motifs is 1. The molecule has 0 radical (unpaired) electrons. The van der Waals surface area contributed by atoms with Crippen molar-refractivity contribution >= 4 is 22.5 Å². The normalized spacial score (nSPS) is 11.9. The third-order valence-corrected chi connectivity index (χ3v) is 4.85. The van der Waals surface area contributed by atoms with Crippen molar-refractivity contribution in [3.63, 3.8) is 0 Å². The highest BCUT2D eigenvalue weighted by Gasteiger charge is 2.10. The molecule has 0 bridgehead atoms. The van der Waals surface area contributed by atoms with Crippen LogP contribution in [0.1, 0.15) is 12.5 Å². The second-order valence-electron chi connectivity index (χ2n) is 7.31. The number of H-pyrrole nitrogens is 1. The first-order chi connectivity index (χ1) is 14.6. The van der Waals surface area contributed by atoms with Gasteiger partial charge in [-0.3, -0.25) is 9.78 Å². The molecule has 4 N–H and O–H groups in total. The lowest BCUT2D eigenvalue weighted by molar-refractivity contribution is -0.114. The minimum atomic E-state index is -0.143. The maximum atomic E-state index is 11.3. The van der Waals surface area contributed by atoms with Crippen molar-refractivity contribution in [2.75, 3.05) is 11.9 Å². The number of carbonyl (C=O) groups excluding carboxylic acids is 1. The van der Waals surface area contributed by atoms with Gasteiger partial charge in [0.2, 0.25) is 5.91 Å². The van der Waals surface area contributed by atoms with Gasteiger partial charge in [-0.2, -0.15) is 0 Å². The summed E-state index contributed by atoms with van der Waals surface area (Å²) in [5.74, 6) is 0.554. The summed E-state index contributed by atoms with van der Waals surface area (Å²) < 4.78 is 5.92. The molecule has 0 spiro atoms. The number of carbonyl (C=O) groups is 1. The van der Waals surface area contributed by atoms with E-state index >= 15 is 0 Å². The number of rotatable bonds is 7. The molecule has 0 aliphatic rings. The van der Waals surface area contributed by atoms with Crippen molar-refractivity contribution < 1.29 is 9.53 Å². The highest BCUT2D eigenvalue weighted by molar-refractivity contribution is 5.89. The molecular weight excluding hydrogens is 376 g/mol. The van der Waals surface area contributed by atoms with Crippen molar-refractivity contribution in [3.8, 4) is 16.9 Å². The van der Waals surface area contributed by atoms with Crippen LogP contribution in [0, 0.1) is 0 Å². The van der Waals surface area contributed by atoms with Crippen LogP contribution in [0.25, 0.3) is 22.0 Å². The van der Waals surface area contributed by atoms with Crippen LogP contribution in [0.15, 0.2) is 73.2 Å². The molecule has 4 aromatic rings. The first-order valence-electron chi connectivity index (χ1n) is 9.85. The Balaban J connectivity index is 1.41. The second kappa shape index (κ2) is 8.80. The number of amides is 1. The summed E-state index contributed by atoms with van der Waals surface area (Å²) in [4.78, 5) is 18.9. The highest BCUT2D eigenvalue weighted by Crippen LogP contribution is 2.25. The van der Waals surface area contributed by atoms with Gasteiger partial charge in [0.25, 0.3) is 0 Å². The van der Waals surface area contributed by atoms with Crippen molar-refractivity contribution in [3.05, 3.63) is 78.8 Å². The number of hydrogen-bond acceptors (Lipinski definition) is 4. The smallest absolute Gasteiger partial charge is 0.221 e. The Hall–Kier alpha value is -3.64. The molecule has 1 atom stereocenters. The standard InChI is InChI=1S/C24H24N4O2/c1-16(29)28-21-6-4-5-17(10-21)18-11-22(14-26-12-18)30-15-20(25)9-19-13-27-24-8-3-2-7-23(19)24/h2-8,10-14,20,27H,9,15,25H2,1H3,(H,28,29)/t20-/m1/s1. The molecule has 6 nitrogen and oxygen atoms in total. The summed E-state index contributed by atoms with van der Waals surface area (Å²) >= 11 is 0. The molecule has 0 unspecified atom stereocenters. The number of benzene rings is 2. The van der Waals surface area contributed by atoms with Crippen molar-refractivity contribution in [1.82, 2.24) is 9.97 Å². The van der Waals surface area contributed by atoms with E-state index in [9.17, 15) is 4.79 Å². The lowest BCUT2D eigenvalue weighted by atomic mass is 10.1. The monoisotopic (exact) mass is 400 g/mol. The second-order valence-corrected chi connectivity index (χ2v) is 7.31. The quantitative estimate of drug-likeness (QED) is 0.435. The van der Waals surface area contributed by atoms with Gasteiger partial charge >= 0.3 is 0 Å². The van der Waals surface area contributed by atoms with E-state index in [0.717, 1.165) is 28.8 Å². The molecule has 2 aromatic heterocycles. The maximum absolute atomic E-state index is 11.3. The van der Waals surface area contributed by atoms with E-state index in [0.29, 0.717) is 12.4 Å². The molecule has 0 saturated heterocycles. The zero-order valence-corrected chi connectivity index (χ0v) is 16.8. The molecule has 0 aliphatic carbocycles. The van der Waals surface area contributed by atoms with Gasteiger partial charge in [0.05, 0.1) is 6.20 Å². The number of pyridine rings is 1. The number of nitrogens with zero attached hydrogens (tertiary/aromatic N) is 1. The van der Waals surface area contributed by atoms with Crippen LogP contribution >= 0.6 is 0 Å². The number of nitrogens with two attached hydrogens (primary N) is 1. The lowest BCUT2D eigenvalue weighted by Crippen LogP contribution is -2.30. The number of nitrogens with one attached hydrogen (secondary N) is 2. The van der Waals surface area contributed by atoms with Crippen molar-refractivity contribution in [2.24, 2.45) is 5.73 Å². The van der Waals surface area contributed by atoms with Gasteiger partial charge in [0.1, 0.15) is 12.4 Å². The van der Waals surface area contributed by atoms with Gasteiger partial charge in [-0.1, -0.05) is 30.3 Å². The Kier molecular flexibility index (Phi) is 5.77. The van der Waals surface area contributed by atoms with Gasteiger partial charge in [0.15, 0.2) is 0 Å². The SMILES string of the molecule is CC(=O)Nc1cccc(-c2cncc(OC[C@H](N)Cc3c[nH]c4ccccc34)c2)c1. The lowest BCUT2D eigenvalue weighted by Gasteiger charge is -2.13. The number of ether oxygens (including phenoxy) is 1. The fourth-order valence-corrected chi connectivity index (χ4v) is 3.48. The summed E-state index contributed by atoms with van der Waals surface area (Å²) in [5, 5.41) is 3.98. The van der Waals surface area contributed by atoms with Crippen LogP contribution in [-0.2, 0) is 11.2 Å². The first kappa shape index (κ1) is 19.7. The third kappa shape index (κ3) is 4.67. The van der Waals surface area contributed by atoms with Gasteiger partial charge in [-0.05, 0) is 41.8 Å². The van der Waals surface area contributed by atoms with Crippen LogP contribution in [0.2, 0.25) is 0 Å². The summed E-state index contributed by atoms with van der Waals surface area (Å²) in [6.07, 6.45) is 6.18. The highest BCUT2D eigenvalue weighted by atomic mass is 16.5. The summed E-state index contributed by atoms with van der Waals surface area (Å²) in [5.41, 5.74) is 11.2. The van der Waals surface area contributed by atoms with Gasteiger partial charge in [0, 0.05) is 47.5 Å². The van der Waals surface area contributed by atoms with E-state index in [2.05, 4.69) is 27.4 Å².